The summed E-state index contributed by atoms with van der Waals surface area (Å²) in [4.78, 5) is 16.4. The van der Waals surface area contributed by atoms with Crippen molar-refractivity contribution < 1.29 is 18.7 Å². The molecule has 0 spiro atoms. The third-order valence-electron chi connectivity index (χ3n) is 3.56. The molecule has 3 aromatic rings. The zero-order valence-corrected chi connectivity index (χ0v) is 14.6. The molecule has 0 unspecified atom stereocenters. The van der Waals surface area contributed by atoms with Gasteiger partial charge in [-0.2, -0.15) is 0 Å². The standard InChI is InChI=1S/C19H16FNO3S/c1-12-3-8-17(16(9-12)19(22)23-2)24-10-15-11-25-18(21-15)13-4-6-14(20)7-5-13/h3-9,11H,10H2,1-2H3. The Labute approximate surface area is 148 Å². The molecule has 2 aromatic carbocycles. The molecule has 0 aliphatic carbocycles. The smallest absolute Gasteiger partial charge is 0.341 e. The number of rotatable bonds is 5. The Hall–Kier alpha value is -2.73. The quantitative estimate of drug-likeness (QED) is 0.625. The van der Waals surface area contributed by atoms with E-state index < -0.39 is 5.97 Å². The number of methoxy groups -OCH3 is 1. The maximum atomic E-state index is 13.0. The molecule has 1 heterocycles. The van der Waals surface area contributed by atoms with Gasteiger partial charge >= 0.3 is 5.97 Å². The molecule has 0 radical (unpaired) electrons. The first-order valence-corrected chi connectivity index (χ1v) is 8.47. The lowest BCUT2D eigenvalue weighted by Crippen LogP contribution is -2.06. The summed E-state index contributed by atoms with van der Waals surface area (Å²) in [6, 6.07) is 11.5. The van der Waals surface area contributed by atoms with Crippen LogP contribution >= 0.6 is 11.3 Å². The SMILES string of the molecule is COC(=O)c1cc(C)ccc1OCc1csc(-c2ccc(F)cc2)n1. The fraction of sp³-hybridized carbons (Fsp3) is 0.158. The van der Waals surface area contributed by atoms with Gasteiger partial charge in [-0.05, 0) is 43.3 Å². The molecule has 0 N–H and O–H groups in total. The first-order chi connectivity index (χ1) is 12.1. The number of carbonyl (C=O) groups excluding carboxylic acids is 1. The third-order valence-corrected chi connectivity index (χ3v) is 4.50. The normalized spacial score (nSPS) is 10.5. The number of esters is 1. The second kappa shape index (κ2) is 7.44. The van der Waals surface area contributed by atoms with Crippen LogP contribution in [0.3, 0.4) is 0 Å². The Bertz CT molecular complexity index is 890. The molecular weight excluding hydrogens is 341 g/mol. The van der Waals surface area contributed by atoms with Crippen molar-refractivity contribution in [2.45, 2.75) is 13.5 Å². The number of benzene rings is 2. The van der Waals surface area contributed by atoms with Gasteiger partial charge in [0, 0.05) is 10.9 Å². The largest absolute Gasteiger partial charge is 0.486 e. The van der Waals surface area contributed by atoms with Crippen molar-refractivity contribution in [1.82, 2.24) is 4.98 Å². The van der Waals surface area contributed by atoms with E-state index in [1.807, 2.05) is 18.4 Å². The highest BCUT2D eigenvalue weighted by Gasteiger charge is 2.14. The summed E-state index contributed by atoms with van der Waals surface area (Å²) in [6.07, 6.45) is 0. The van der Waals surface area contributed by atoms with Crippen LogP contribution in [-0.2, 0) is 11.3 Å². The van der Waals surface area contributed by atoms with Crippen LogP contribution in [0.2, 0.25) is 0 Å². The molecule has 0 bridgehead atoms. The minimum absolute atomic E-state index is 0.227. The minimum atomic E-state index is -0.441. The Kier molecular flexibility index (Phi) is 5.09. The number of aromatic nitrogens is 1. The van der Waals surface area contributed by atoms with E-state index in [1.54, 1.807) is 24.3 Å². The molecule has 4 nitrogen and oxygen atoms in total. The highest BCUT2D eigenvalue weighted by Crippen LogP contribution is 2.26. The Morgan fingerprint density at radius 2 is 1.96 bits per heavy atom. The van der Waals surface area contributed by atoms with Crippen LogP contribution in [0.25, 0.3) is 10.6 Å². The van der Waals surface area contributed by atoms with Gasteiger partial charge in [-0.1, -0.05) is 11.6 Å². The monoisotopic (exact) mass is 357 g/mol. The number of carbonyl (C=O) groups is 1. The number of hydrogen-bond donors (Lipinski definition) is 0. The van der Waals surface area contributed by atoms with Crippen molar-refractivity contribution in [3.63, 3.8) is 0 Å². The molecule has 0 saturated heterocycles. The zero-order chi connectivity index (χ0) is 17.8. The van der Waals surface area contributed by atoms with Gasteiger partial charge in [0.2, 0.25) is 0 Å². The fourth-order valence-corrected chi connectivity index (χ4v) is 3.10. The van der Waals surface area contributed by atoms with E-state index in [4.69, 9.17) is 9.47 Å². The average Bonchev–Trinajstić information content (AvgIpc) is 3.09. The van der Waals surface area contributed by atoms with Crippen molar-refractivity contribution in [2.75, 3.05) is 7.11 Å². The molecule has 0 aliphatic heterocycles. The Morgan fingerprint density at radius 3 is 2.68 bits per heavy atom. The number of nitrogens with zero attached hydrogens (tertiary/aromatic N) is 1. The molecular formula is C19H16FNO3S. The lowest BCUT2D eigenvalue weighted by Gasteiger charge is -2.10. The molecule has 0 aliphatic rings. The number of ether oxygens (including phenoxy) is 2. The first-order valence-electron chi connectivity index (χ1n) is 7.59. The van der Waals surface area contributed by atoms with E-state index in [2.05, 4.69) is 4.98 Å². The molecule has 25 heavy (non-hydrogen) atoms. The van der Waals surface area contributed by atoms with Gasteiger partial charge < -0.3 is 9.47 Å². The molecule has 128 valence electrons. The summed E-state index contributed by atoms with van der Waals surface area (Å²) >= 11 is 1.46. The number of aryl methyl sites for hydroxylation is 1. The summed E-state index contributed by atoms with van der Waals surface area (Å²) in [5, 5.41) is 2.67. The minimum Gasteiger partial charge on any atom is -0.486 e. The van der Waals surface area contributed by atoms with Crippen LogP contribution in [0.4, 0.5) is 4.39 Å². The van der Waals surface area contributed by atoms with Crippen LogP contribution in [0, 0.1) is 12.7 Å². The molecule has 0 fully saturated rings. The van der Waals surface area contributed by atoms with E-state index in [0.717, 1.165) is 21.8 Å². The second-order valence-electron chi connectivity index (χ2n) is 5.43. The van der Waals surface area contributed by atoms with Gasteiger partial charge in [-0.15, -0.1) is 11.3 Å². The summed E-state index contributed by atoms with van der Waals surface area (Å²) in [5.41, 5.74) is 2.92. The summed E-state index contributed by atoms with van der Waals surface area (Å²) in [6.45, 7) is 2.12. The number of halogens is 1. The maximum Gasteiger partial charge on any atom is 0.341 e. The maximum absolute atomic E-state index is 13.0. The van der Waals surface area contributed by atoms with E-state index in [-0.39, 0.29) is 12.4 Å². The Morgan fingerprint density at radius 1 is 1.20 bits per heavy atom. The molecule has 1 aromatic heterocycles. The third kappa shape index (κ3) is 4.03. The van der Waals surface area contributed by atoms with E-state index in [9.17, 15) is 9.18 Å². The predicted molar refractivity (Wildman–Crippen MR) is 94.4 cm³/mol. The topological polar surface area (TPSA) is 48.4 Å². The Balaban J connectivity index is 1.74. The van der Waals surface area contributed by atoms with Gasteiger partial charge in [-0.25, -0.2) is 14.2 Å². The van der Waals surface area contributed by atoms with E-state index in [1.165, 1.54) is 30.6 Å². The van der Waals surface area contributed by atoms with Gasteiger partial charge in [0.25, 0.3) is 0 Å². The lowest BCUT2D eigenvalue weighted by molar-refractivity contribution is 0.0595. The van der Waals surface area contributed by atoms with Gasteiger partial charge in [-0.3, -0.25) is 0 Å². The summed E-state index contributed by atoms with van der Waals surface area (Å²) < 4.78 is 23.5. The number of hydrogen-bond acceptors (Lipinski definition) is 5. The van der Waals surface area contributed by atoms with Crippen molar-refractivity contribution in [3.05, 3.63) is 70.5 Å². The van der Waals surface area contributed by atoms with Crippen LogP contribution in [-0.4, -0.2) is 18.1 Å². The second-order valence-corrected chi connectivity index (χ2v) is 6.29. The van der Waals surface area contributed by atoms with Crippen LogP contribution in [0.1, 0.15) is 21.6 Å². The molecule has 0 atom stereocenters. The zero-order valence-electron chi connectivity index (χ0n) is 13.8. The molecule has 6 heteroatoms. The van der Waals surface area contributed by atoms with Crippen LogP contribution < -0.4 is 4.74 Å². The molecule has 0 saturated carbocycles. The fourth-order valence-electron chi connectivity index (χ4n) is 2.29. The van der Waals surface area contributed by atoms with Crippen LogP contribution in [0.15, 0.2) is 47.8 Å². The molecule has 3 rings (SSSR count). The van der Waals surface area contributed by atoms with E-state index in [0.29, 0.717) is 11.3 Å². The van der Waals surface area contributed by atoms with Crippen molar-refractivity contribution in [2.24, 2.45) is 0 Å². The van der Waals surface area contributed by atoms with Gasteiger partial charge in [0.1, 0.15) is 28.7 Å². The first kappa shape index (κ1) is 17.1. The number of thiazole rings is 1. The van der Waals surface area contributed by atoms with Gasteiger partial charge in [0.05, 0.1) is 12.8 Å². The van der Waals surface area contributed by atoms with Crippen molar-refractivity contribution in [3.8, 4) is 16.3 Å². The average molecular weight is 357 g/mol. The highest BCUT2D eigenvalue weighted by molar-refractivity contribution is 7.13. The predicted octanol–water partition coefficient (Wildman–Crippen LogP) is 4.62. The van der Waals surface area contributed by atoms with Crippen LogP contribution in [0.5, 0.6) is 5.75 Å². The highest BCUT2D eigenvalue weighted by atomic mass is 32.1. The van der Waals surface area contributed by atoms with E-state index >= 15 is 0 Å². The molecule has 0 amide bonds. The van der Waals surface area contributed by atoms with Crippen molar-refractivity contribution >= 4 is 17.3 Å². The summed E-state index contributed by atoms with van der Waals surface area (Å²) in [7, 11) is 1.34. The van der Waals surface area contributed by atoms with Gasteiger partial charge in [0.15, 0.2) is 0 Å². The summed E-state index contributed by atoms with van der Waals surface area (Å²) in [5.74, 6) is -0.267. The lowest BCUT2D eigenvalue weighted by atomic mass is 10.1. The van der Waals surface area contributed by atoms with Crippen molar-refractivity contribution in [1.29, 1.82) is 0 Å².